The second-order valence-electron chi connectivity index (χ2n) is 10.9. The van der Waals surface area contributed by atoms with Crippen molar-refractivity contribution in [2.45, 2.75) is 0 Å². The first-order valence-corrected chi connectivity index (χ1v) is 15.0. The number of aromatic nitrogens is 3. The minimum absolute atomic E-state index is 0.150. The molecule has 0 unspecified atom stereocenters. The van der Waals surface area contributed by atoms with Gasteiger partial charge in [0.05, 0.1) is 20.6 Å². The number of rotatable bonds is 5. The topological polar surface area (TPSA) is 38.7 Å². The van der Waals surface area contributed by atoms with E-state index in [4.69, 9.17) is 25.0 Å². The van der Waals surface area contributed by atoms with Crippen LogP contribution in [-0.4, -0.2) is 15.0 Å². The summed E-state index contributed by atoms with van der Waals surface area (Å²) in [4.78, 5) is 14.2. The molecule has 0 fully saturated rings. The Hall–Kier alpha value is -6.45. The number of hydrogen-bond acceptors (Lipinski definition) is 3. The van der Waals surface area contributed by atoms with Crippen molar-refractivity contribution in [1.82, 2.24) is 15.0 Å². The molecule has 9 aromatic rings. The number of fused-ring (bicyclic) bond motifs is 6. The van der Waals surface area contributed by atoms with E-state index < -0.39 is 102 Å². The molecule has 0 amide bonds. The fourth-order valence-electron chi connectivity index (χ4n) is 5.66. The van der Waals surface area contributed by atoms with Gasteiger partial charge in [-0.2, -0.15) is 0 Å². The highest BCUT2D eigenvalue weighted by atomic mass is 15.0. The van der Waals surface area contributed by atoms with Gasteiger partial charge in [0.2, 0.25) is 0 Å². The van der Waals surface area contributed by atoms with Crippen LogP contribution < -0.4 is 0 Å². The maximum Gasteiger partial charge on any atom is 0.164 e. The summed E-state index contributed by atoms with van der Waals surface area (Å²) in [6.07, 6.45) is 0. The van der Waals surface area contributed by atoms with E-state index in [1.165, 1.54) is 0 Å². The zero-order valence-corrected chi connectivity index (χ0v) is 24.9. The van der Waals surface area contributed by atoms with Crippen molar-refractivity contribution < 1.29 is 20.6 Å². The highest BCUT2D eigenvalue weighted by molar-refractivity contribution is 6.25. The molecule has 0 atom stereocenters. The van der Waals surface area contributed by atoms with Crippen LogP contribution >= 0.6 is 0 Å². The summed E-state index contributed by atoms with van der Waals surface area (Å²) in [5.41, 5.74) is 1.44. The lowest BCUT2D eigenvalue weighted by Crippen LogP contribution is -2.00. The Balaban J connectivity index is 1.40. The molecule has 9 rings (SSSR count). The number of benzene rings is 8. The van der Waals surface area contributed by atoms with Crippen molar-refractivity contribution in [1.29, 1.82) is 0 Å². The highest BCUT2D eigenvalue weighted by Gasteiger charge is 2.15. The van der Waals surface area contributed by atoms with E-state index in [0.29, 0.717) is 11.1 Å². The third-order valence-electron chi connectivity index (χ3n) is 7.93. The van der Waals surface area contributed by atoms with E-state index >= 15 is 0 Å². The summed E-state index contributed by atoms with van der Waals surface area (Å²) < 4.78 is 135. The average Bonchev–Trinajstić information content (AvgIpc) is 3.30. The molecule has 0 aliphatic carbocycles. The van der Waals surface area contributed by atoms with Crippen LogP contribution in [0.2, 0.25) is 0 Å². The normalized spacial score (nSPS) is 15.7. The Morgan fingerprint density at radius 2 is 0.792 bits per heavy atom. The monoisotopic (exact) mass is 626 g/mol. The van der Waals surface area contributed by atoms with Crippen LogP contribution in [0.5, 0.6) is 0 Å². The highest BCUT2D eigenvalue weighted by Crippen LogP contribution is 2.38. The van der Waals surface area contributed by atoms with Crippen LogP contribution in [0.4, 0.5) is 0 Å². The zero-order chi connectivity index (χ0) is 44.9. The molecular formula is C45H29N3. The van der Waals surface area contributed by atoms with Crippen molar-refractivity contribution >= 4 is 32.3 Å². The Morgan fingerprint density at radius 3 is 1.46 bits per heavy atom. The molecule has 3 nitrogen and oxygen atoms in total. The minimum atomic E-state index is -0.773. The fraction of sp³-hybridized carbons (Fsp3) is 0. The van der Waals surface area contributed by atoms with Gasteiger partial charge in [-0.3, -0.25) is 0 Å². The van der Waals surface area contributed by atoms with Gasteiger partial charge in [-0.1, -0.05) is 157 Å². The van der Waals surface area contributed by atoms with E-state index in [0.717, 1.165) is 11.1 Å². The Labute approximate surface area is 299 Å². The molecule has 0 aliphatic heterocycles. The van der Waals surface area contributed by atoms with Gasteiger partial charge in [-0.05, 0) is 72.7 Å². The minimum Gasteiger partial charge on any atom is -0.208 e. The molecule has 8 aromatic carbocycles. The summed E-state index contributed by atoms with van der Waals surface area (Å²) in [5, 5.41) is -2.17. The summed E-state index contributed by atoms with van der Waals surface area (Å²) in [6.45, 7) is 0. The molecule has 224 valence electrons. The van der Waals surface area contributed by atoms with E-state index in [9.17, 15) is 5.48 Å². The molecule has 0 saturated heterocycles. The first kappa shape index (κ1) is 16.4. The SMILES string of the molecule is [2H]c1c([2H])c(-c2nc(-c3ccccc3)nc(-c3cccc(-c4ccccc4)c3)n2)c([2H])c(-c2c([2H])c([2H])c3c4c([2H])c([2H])c([2H])c([2H])c4c4c([2H])c([2H])c([2H])c([2H])c4c3c2[2H])c1[2H]. The second kappa shape index (κ2) is 11.7. The third-order valence-corrected chi connectivity index (χ3v) is 7.93. The van der Waals surface area contributed by atoms with Crippen LogP contribution in [0.25, 0.3) is 88.7 Å². The standard InChI is InChI=1S/C45H29N3/c1-3-13-30(14-4-1)32-17-11-19-35(27-32)44-46-43(31-15-5-2-6-16-31)47-45(48-44)36-20-12-18-33(28-36)34-25-26-41-39-23-8-7-21-37(39)38-22-9-10-24-40(38)42(41)29-34/h1-29H/i7D,8D,9D,10D,12D,18D,20D,21D,22D,23D,24D,25D,26D,28D,29D. The summed E-state index contributed by atoms with van der Waals surface area (Å²) >= 11 is 0. The summed E-state index contributed by atoms with van der Waals surface area (Å²) in [6, 6.07) is 15.4. The van der Waals surface area contributed by atoms with Crippen LogP contribution in [0.1, 0.15) is 20.6 Å². The van der Waals surface area contributed by atoms with Crippen molar-refractivity contribution in [3.05, 3.63) is 176 Å². The molecule has 1 heterocycles. The molecular weight excluding hydrogens is 583 g/mol. The molecule has 0 aliphatic rings. The van der Waals surface area contributed by atoms with Crippen molar-refractivity contribution in [3.63, 3.8) is 0 Å². The lowest BCUT2D eigenvalue weighted by atomic mass is 9.92. The maximum absolute atomic E-state index is 9.70. The Morgan fingerprint density at radius 1 is 0.312 bits per heavy atom. The van der Waals surface area contributed by atoms with Crippen molar-refractivity contribution in [2.24, 2.45) is 0 Å². The summed E-state index contributed by atoms with van der Waals surface area (Å²) in [7, 11) is 0. The quantitative estimate of drug-likeness (QED) is 0.178. The molecule has 0 spiro atoms. The van der Waals surface area contributed by atoms with E-state index in [-0.39, 0.29) is 55.4 Å². The van der Waals surface area contributed by atoms with Crippen LogP contribution in [0.3, 0.4) is 0 Å². The van der Waals surface area contributed by atoms with Gasteiger partial charge in [0.15, 0.2) is 17.5 Å². The molecule has 0 radical (unpaired) electrons. The summed E-state index contributed by atoms with van der Waals surface area (Å²) in [5.74, 6) is 0.0679. The first-order chi connectivity index (χ1) is 30.0. The second-order valence-corrected chi connectivity index (χ2v) is 10.9. The molecule has 48 heavy (non-hydrogen) atoms. The van der Waals surface area contributed by atoms with Gasteiger partial charge in [-0.25, -0.2) is 15.0 Å². The molecule has 0 bridgehead atoms. The first-order valence-electron chi connectivity index (χ1n) is 22.5. The smallest absolute Gasteiger partial charge is 0.164 e. The van der Waals surface area contributed by atoms with Crippen LogP contribution in [0.15, 0.2) is 176 Å². The lowest BCUT2D eigenvalue weighted by molar-refractivity contribution is 1.07. The Bertz CT molecular complexity index is 3410. The van der Waals surface area contributed by atoms with E-state index in [1.807, 2.05) is 48.5 Å². The predicted octanol–water partition coefficient (Wildman–Crippen LogP) is 11.7. The third kappa shape index (κ3) is 4.99. The molecule has 1 aromatic heterocycles. The number of nitrogens with zero attached hydrogens (tertiary/aromatic N) is 3. The average molecular weight is 627 g/mol. The largest absolute Gasteiger partial charge is 0.208 e. The van der Waals surface area contributed by atoms with Gasteiger partial charge in [0, 0.05) is 16.7 Å². The van der Waals surface area contributed by atoms with Crippen molar-refractivity contribution in [3.8, 4) is 56.4 Å². The van der Waals surface area contributed by atoms with E-state index in [1.54, 1.807) is 36.4 Å². The molecule has 3 heteroatoms. The maximum atomic E-state index is 9.70. The predicted molar refractivity (Wildman–Crippen MR) is 200 cm³/mol. The van der Waals surface area contributed by atoms with Gasteiger partial charge in [0.25, 0.3) is 0 Å². The van der Waals surface area contributed by atoms with Gasteiger partial charge in [-0.15, -0.1) is 0 Å². The van der Waals surface area contributed by atoms with Crippen LogP contribution in [-0.2, 0) is 0 Å². The van der Waals surface area contributed by atoms with Gasteiger partial charge < -0.3 is 0 Å². The number of hydrogen-bond donors (Lipinski definition) is 0. The van der Waals surface area contributed by atoms with Gasteiger partial charge >= 0.3 is 0 Å². The Kier molecular flexibility index (Phi) is 4.01. The molecule has 0 N–H and O–H groups in total. The van der Waals surface area contributed by atoms with E-state index in [2.05, 4.69) is 4.98 Å². The van der Waals surface area contributed by atoms with Crippen molar-refractivity contribution in [2.75, 3.05) is 0 Å². The fourth-order valence-corrected chi connectivity index (χ4v) is 5.66. The molecule has 0 saturated carbocycles. The van der Waals surface area contributed by atoms with Crippen LogP contribution in [0, 0.1) is 0 Å². The lowest BCUT2D eigenvalue weighted by Gasteiger charge is -2.13. The van der Waals surface area contributed by atoms with Gasteiger partial charge in [0.1, 0.15) is 0 Å². The zero-order valence-electron chi connectivity index (χ0n) is 39.9.